The molecule has 0 spiro atoms. The first-order chi connectivity index (χ1) is 12.2. The van der Waals surface area contributed by atoms with Crippen molar-refractivity contribution in [1.29, 1.82) is 0 Å². The van der Waals surface area contributed by atoms with Crippen LogP contribution < -0.4 is 14.2 Å². The van der Waals surface area contributed by atoms with Crippen molar-refractivity contribution >= 4 is 15.7 Å². The van der Waals surface area contributed by atoms with Crippen molar-refractivity contribution in [3.05, 3.63) is 48.0 Å². The van der Waals surface area contributed by atoms with Crippen LogP contribution in [0, 0.1) is 0 Å². The highest BCUT2D eigenvalue weighted by Gasteiger charge is 2.22. The van der Waals surface area contributed by atoms with Crippen molar-refractivity contribution in [2.75, 3.05) is 17.9 Å². The van der Waals surface area contributed by atoms with Gasteiger partial charge in [0.2, 0.25) is 0 Å². The Morgan fingerprint density at radius 3 is 2.15 bits per heavy atom. The highest BCUT2D eigenvalue weighted by atomic mass is 32.2. The second-order valence-electron chi connectivity index (χ2n) is 6.88. The monoisotopic (exact) mass is 377 g/mol. The van der Waals surface area contributed by atoms with Gasteiger partial charge in [-0.3, -0.25) is 4.72 Å². The molecule has 0 radical (unpaired) electrons. The fraction of sp³-hybridized carbons (Fsp3) is 0.400. The molecule has 0 heterocycles. The minimum absolute atomic E-state index is 0.133. The van der Waals surface area contributed by atoms with E-state index in [1.807, 2.05) is 52.8 Å². The van der Waals surface area contributed by atoms with Gasteiger partial charge in [-0.2, -0.15) is 0 Å². The van der Waals surface area contributed by atoms with E-state index in [0.29, 0.717) is 30.4 Å². The molecule has 0 fully saturated rings. The molecular weight excluding hydrogens is 350 g/mol. The molecule has 6 heteroatoms. The second kappa shape index (κ2) is 7.99. The van der Waals surface area contributed by atoms with Gasteiger partial charge in [-0.25, -0.2) is 8.42 Å². The zero-order chi connectivity index (χ0) is 19.4. The van der Waals surface area contributed by atoms with Gasteiger partial charge in [-0.15, -0.1) is 0 Å². The molecular formula is C20H27NO4S. The number of anilines is 1. The Labute approximate surface area is 156 Å². The van der Waals surface area contributed by atoms with Gasteiger partial charge in [0.1, 0.15) is 0 Å². The van der Waals surface area contributed by atoms with Gasteiger partial charge in [-0.05, 0) is 43.0 Å². The van der Waals surface area contributed by atoms with Gasteiger partial charge in [0.25, 0.3) is 10.0 Å². The van der Waals surface area contributed by atoms with E-state index in [1.165, 1.54) is 12.1 Å². The molecule has 2 aromatic carbocycles. The van der Waals surface area contributed by atoms with Crippen LogP contribution in [0.25, 0.3) is 0 Å². The van der Waals surface area contributed by atoms with Crippen LogP contribution in [0.5, 0.6) is 11.5 Å². The number of hydrogen-bond acceptors (Lipinski definition) is 4. The van der Waals surface area contributed by atoms with Crippen molar-refractivity contribution < 1.29 is 17.9 Å². The summed E-state index contributed by atoms with van der Waals surface area (Å²) in [6.07, 6.45) is 0. The Morgan fingerprint density at radius 2 is 1.54 bits per heavy atom. The molecule has 0 bridgehead atoms. The summed E-state index contributed by atoms with van der Waals surface area (Å²) in [4.78, 5) is 0.133. The quantitative estimate of drug-likeness (QED) is 0.767. The number of nitrogens with one attached hydrogen (secondary N) is 1. The summed E-state index contributed by atoms with van der Waals surface area (Å²) in [7, 11) is -3.75. The van der Waals surface area contributed by atoms with Crippen LogP contribution in [0.4, 0.5) is 5.69 Å². The molecule has 0 aromatic heterocycles. The second-order valence-corrected chi connectivity index (χ2v) is 8.56. The molecule has 0 atom stereocenters. The predicted octanol–water partition coefficient (Wildman–Crippen LogP) is 4.58. The van der Waals surface area contributed by atoms with E-state index >= 15 is 0 Å². The first-order valence-electron chi connectivity index (χ1n) is 8.71. The topological polar surface area (TPSA) is 64.6 Å². The molecule has 142 valence electrons. The van der Waals surface area contributed by atoms with E-state index in [9.17, 15) is 8.42 Å². The standard InChI is InChI=1S/C20H27NO4S/c1-6-24-18-13-12-15(14-19(18)25-7-2)26(22,23)21-17-11-9-8-10-16(17)20(3,4)5/h8-14,21H,6-7H2,1-5H3. The van der Waals surface area contributed by atoms with Crippen LogP contribution in [0.1, 0.15) is 40.2 Å². The Balaban J connectivity index is 2.41. The summed E-state index contributed by atoms with van der Waals surface area (Å²) in [5.41, 5.74) is 1.32. The first kappa shape index (κ1) is 20.1. The molecule has 5 nitrogen and oxygen atoms in total. The molecule has 0 amide bonds. The van der Waals surface area contributed by atoms with E-state index in [1.54, 1.807) is 12.1 Å². The lowest BCUT2D eigenvalue weighted by Crippen LogP contribution is -2.19. The van der Waals surface area contributed by atoms with Crippen molar-refractivity contribution in [2.24, 2.45) is 0 Å². The van der Waals surface area contributed by atoms with Gasteiger partial charge < -0.3 is 9.47 Å². The lowest BCUT2D eigenvalue weighted by atomic mass is 9.86. The number of hydrogen-bond donors (Lipinski definition) is 1. The van der Waals surface area contributed by atoms with E-state index in [-0.39, 0.29) is 10.3 Å². The zero-order valence-corrected chi connectivity index (χ0v) is 16.8. The van der Waals surface area contributed by atoms with Gasteiger partial charge >= 0.3 is 0 Å². The molecule has 0 aliphatic heterocycles. The Bertz CT molecular complexity index is 854. The van der Waals surface area contributed by atoms with Crippen molar-refractivity contribution in [3.63, 3.8) is 0 Å². The van der Waals surface area contributed by atoms with Crippen LogP contribution >= 0.6 is 0 Å². The third-order valence-corrected chi connectivity index (χ3v) is 5.17. The molecule has 2 rings (SSSR count). The summed E-state index contributed by atoms with van der Waals surface area (Å²) < 4.78 is 39.5. The lowest BCUT2D eigenvalue weighted by molar-refractivity contribution is 0.287. The molecule has 0 aliphatic rings. The molecule has 0 saturated carbocycles. The van der Waals surface area contributed by atoms with Gasteiger partial charge in [-0.1, -0.05) is 39.0 Å². The SMILES string of the molecule is CCOc1ccc(S(=O)(=O)Nc2ccccc2C(C)(C)C)cc1OCC. The highest BCUT2D eigenvalue weighted by molar-refractivity contribution is 7.92. The van der Waals surface area contributed by atoms with Crippen molar-refractivity contribution in [2.45, 2.75) is 44.9 Å². The zero-order valence-electron chi connectivity index (χ0n) is 16.0. The lowest BCUT2D eigenvalue weighted by Gasteiger charge is -2.23. The number of rotatable bonds is 7. The number of para-hydroxylation sites is 1. The third-order valence-electron chi connectivity index (χ3n) is 3.80. The van der Waals surface area contributed by atoms with Crippen LogP contribution in [0.3, 0.4) is 0 Å². The van der Waals surface area contributed by atoms with E-state index in [0.717, 1.165) is 5.56 Å². The maximum atomic E-state index is 12.9. The number of ether oxygens (including phenoxy) is 2. The fourth-order valence-corrected chi connectivity index (χ4v) is 3.72. The van der Waals surface area contributed by atoms with Crippen LogP contribution in [-0.2, 0) is 15.4 Å². The summed E-state index contributed by atoms with van der Waals surface area (Å²) in [5.74, 6) is 0.949. The molecule has 1 N–H and O–H groups in total. The molecule has 2 aromatic rings. The molecule has 0 saturated heterocycles. The number of sulfonamides is 1. The van der Waals surface area contributed by atoms with E-state index < -0.39 is 10.0 Å². The molecule has 0 unspecified atom stereocenters. The van der Waals surface area contributed by atoms with Crippen molar-refractivity contribution in [1.82, 2.24) is 0 Å². The largest absolute Gasteiger partial charge is 0.490 e. The van der Waals surface area contributed by atoms with Gasteiger partial charge in [0.15, 0.2) is 11.5 Å². The average Bonchev–Trinajstić information content (AvgIpc) is 2.56. The minimum atomic E-state index is -3.75. The Hall–Kier alpha value is -2.21. The summed E-state index contributed by atoms with van der Waals surface area (Å²) in [6, 6.07) is 12.1. The maximum Gasteiger partial charge on any atom is 0.262 e. The summed E-state index contributed by atoms with van der Waals surface area (Å²) in [6.45, 7) is 10.7. The highest BCUT2D eigenvalue weighted by Crippen LogP contribution is 2.33. The molecule has 0 aliphatic carbocycles. The van der Waals surface area contributed by atoms with Crippen molar-refractivity contribution in [3.8, 4) is 11.5 Å². The molecule has 26 heavy (non-hydrogen) atoms. The fourth-order valence-electron chi connectivity index (χ4n) is 2.63. The van der Waals surface area contributed by atoms with Crippen LogP contribution in [0.2, 0.25) is 0 Å². The normalized spacial score (nSPS) is 11.9. The Kier molecular flexibility index (Phi) is 6.18. The first-order valence-corrected chi connectivity index (χ1v) is 10.2. The Morgan fingerprint density at radius 1 is 0.923 bits per heavy atom. The average molecular weight is 378 g/mol. The van der Waals surface area contributed by atoms with Gasteiger partial charge in [0, 0.05) is 6.07 Å². The third kappa shape index (κ3) is 4.69. The summed E-state index contributed by atoms with van der Waals surface area (Å²) >= 11 is 0. The van der Waals surface area contributed by atoms with Gasteiger partial charge in [0.05, 0.1) is 23.8 Å². The van der Waals surface area contributed by atoms with E-state index in [4.69, 9.17) is 9.47 Å². The maximum absolute atomic E-state index is 12.9. The van der Waals surface area contributed by atoms with Crippen LogP contribution in [-0.4, -0.2) is 21.6 Å². The predicted molar refractivity (Wildman–Crippen MR) is 105 cm³/mol. The van der Waals surface area contributed by atoms with Crippen LogP contribution in [0.15, 0.2) is 47.4 Å². The number of benzene rings is 2. The minimum Gasteiger partial charge on any atom is -0.490 e. The van der Waals surface area contributed by atoms with E-state index in [2.05, 4.69) is 4.72 Å². The summed E-state index contributed by atoms with van der Waals surface area (Å²) in [5, 5.41) is 0. The smallest absolute Gasteiger partial charge is 0.262 e.